The second-order valence-corrected chi connectivity index (χ2v) is 2.88. The summed E-state index contributed by atoms with van der Waals surface area (Å²) in [4.78, 5) is 3.27. The summed E-state index contributed by atoms with van der Waals surface area (Å²) in [5.74, 6) is 0. The van der Waals surface area contributed by atoms with Crippen LogP contribution < -0.4 is 5.73 Å². The Morgan fingerprint density at radius 3 is 3.27 bits per heavy atom. The van der Waals surface area contributed by atoms with Crippen molar-refractivity contribution in [3.8, 4) is 0 Å². The maximum atomic E-state index is 5.51. The van der Waals surface area contributed by atoms with Crippen LogP contribution in [-0.4, -0.2) is 4.98 Å². The Labute approximate surface area is 69.1 Å². The fraction of sp³-hybridized carbons (Fsp3) is 0.333. The van der Waals surface area contributed by atoms with Crippen LogP contribution in [0.2, 0.25) is 0 Å². The minimum absolute atomic E-state index is 0. The number of nitrogens with one attached hydrogen (secondary N) is 1. The lowest BCUT2D eigenvalue weighted by molar-refractivity contribution is 0.984. The average Bonchev–Trinajstić information content (AvgIpc) is 2.46. The molecule has 0 radical (unpaired) electrons. The third-order valence-electron chi connectivity index (χ3n) is 2.07. The van der Waals surface area contributed by atoms with Crippen LogP contribution in [0.5, 0.6) is 0 Å². The normalized spacial score (nSPS) is 15.0. The molecule has 1 aromatic rings. The predicted molar refractivity (Wildman–Crippen MR) is 50.3 cm³/mol. The lowest BCUT2D eigenvalue weighted by Crippen LogP contribution is -1.95. The van der Waals surface area contributed by atoms with Crippen LogP contribution in [0, 0.1) is 0 Å². The van der Waals surface area contributed by atoms with Gasteiger partial charge >= 0.3 is 0 Å². The monoisotopic (exact) mass is 152 g/mol. The lowest BCUT2D eigenvalue weighted by atomic mass is 10.0. The summed E-state index contributed by atoms with van der Waals surface area (Å²) in [6, 6.07) is 2.17. The van der Waals surface area contributed by atoms with E-state index in [-0.39, 0.29) is 2.85 Å². The topological polar surface area (TPSA) is 41.8 Å². The van der Waals surface area contributed by atoms with Crippen molar-refractivity contribution in [1.82, 2.24) is 4.98 Å². The maximum Gasteiger partial charge on any atom is 0.0412 e. The van der Waals surface area contributed by atoms with Crippen molar-refractivity contribution in [3.05, 3.63) is 29.1 Å². The van der Waals surface area contributed by atoms with Gasteiger partial charge in [-0.2, -0.15) is 0 Å². The van der Waals surface area contributed by atoms with Gasteiger partial charge in [-0.05, 0) is 30.5 Å². The van der Waals surface area contributed by atoms with Gasteiger partial charge in [0.05, 0.1) is 0 Å². The molecule has 1 aliphatic rings. The van der Waals surface area contributed by atoms with Gasteiger partial charge in [0, 0.05) is 20.8 Å². The third kappa shape index (κ3) is 1.10. The zero-order chi connectivity index (χ0) is 7.68. The second-order valence-electron chi connectivity index (χ2n) is 2.88. The average molecular weight is 152 g/mol. The number of aromatic amines is 1. The van der Waals surface area contributed by atoms with E-state index in [9.17, 15) is 0 Å². The van der Waals surface area contributed by atoms with E-state index in [0.29, 0.717) is 6.54 Å². The van der Waals surface area contributed by atoms with E-state index in [1.54, 1.807) is 0 Å². The van der Waals surface area contributed by atoms with Crippen LogP contribution >= 0.6 is 0 Å². The van der Waals surface area contributed by atoms with E-state index in [1.165, 1.54) is 11.3 Å². The van der Waals surface area contributed by atoms with Crippen molar-refractivity contribution in [2.45, 2.75) is 19.4 Å². The van der Waals surface area contributed by atoms with E-state index in [1.807, 2.05) is 0 Å². The van der Waals surface area contributed by atoms with Crippen LogP contribution in [0.15, 0.2) is 12.1 Å². The van der Waals surface area contributed by atoms with Gasteiger partial charge in [-0.25, -0.2) is 0 Å². The Morgan fingerprint density at radius 2 is 2.55 bits per heavy atom. The molecule has 1 aliphatic carbocycles. The number of aryl methyl sites for hydroxylation is 1. The largest absolute Gasteiger partial charge is 0.358 e. The molecule has 0 saturated heterocycles. The third-order valence-corrected chi connectivity index (χ3v) is 2.07. The van der Waals surface area contributed by atoms with Crippen molar-refractivity contribution in [1.29, 1.82) is 0 Å². The molecule has 2 heteroatoms. The molecule has 0 aromatic carbocycles. The number of H-pyrrole nitrogens is 1. The molecular weight excluding hydrogens is 136 g/mol. The quantitative estimate of drug-likeness (QED) is 0.634. The van der Waals surface area contributed by atoms with Crippen LogP contribution in [0.1, 0.15) is 26.2 Å². The molecule has 0 aliphatic heterocycles. The summed E-state index contributed by atoms with van der Waals surface area (Å²) in [6.45, 7) is 0.612. The molecule has 0 bridgehead atoms. The molecule has 0 amide bonds. The number of nitrogens with two attached hydrogens (primary N) is 1. The highest BCUT2D eigenvalue weighted by atomic mass is 14.8. The molecule has 0 unspecified atom stereocenters. The number of hydrogen-bond donors (Lipinski definition) is 2. The Bertz CT molecular complexity index is 292. The predicted octanol–water partition coefficient (Wildman–Crippen LogP) is 1.92. The first kappa shape index (κ1) is 6.68. The molecule has 2 rings (SSSR count). The molecule has 2 nitrogen and oxygen atoms in total. The van der Waals surface area contributed by atoms with Gasteiger partial charge < -0.3 is 10.7 Å². The van der Waals surface area contributed by atoms with Gasteiger partial charge in [0.2, 0.25) is 0 Å². The molecule has 0 fully saturated rings. The van der Waals surface area contributed by atoms with Crippen molar-refractivity contribution in [3.63, 3.8) is 0 Å². The second kappa shape index (κ2) is 2.55. The van der Waals surface area contributed by atoms with Gasteiger partial charge in [-0.3, -0.25) is 0 Å². The van der Waals surface area contributed by atoms with Crippen molar-refractivity contribution >= 4 is 6.08 Å². The van der Waals surface area contributed by atoms with Crippen LogP contribution in [0.4, 0.5) is 0 Å². The summed E-state index contributed by atoms with van der Waals surface area (Å²) >= 11 is 0. The summed E-state index contributed by atoms with van der Waals surface area (Å²) in [7, 11) is 0. The standard InChI is InChI=1S/C9H12N2.2H2/c10-6-8-5-7-3-1-2-4-9(7)11-8;;/h2,4-5,11H,1,3,6,10H2;2*1H. The van der Waals surface area contributed by atoms with E-state index in [4.69, 9.17) is 5.73 Å². The highest BCUT2D eigenvalue weighted by Gasteiger charge is 2.06. The fourth-order valence-electron chi connectivity index (χ4n) is 1.48. The number of fused-ring (bicyclic) bond motifs is 1. The zero-order valence-corrected chi connectivity index (χ0v) is 6.43. The molecule has 3 N–H and O–H groups in total. The minimum Gasteiger partial charge on any atom is -0.358 e. The Balaban J connectivity index is 0.000000720. The highest BCUT2D eigenvalue weighted by molar-refractivity contribution is 5.53. The summed E-state index contributed by atoms with van der Waals surface area (Å²) in [6.07, 6.45) is 6.65. The van der Waals surface area contributed by atoms with Crippen LogP contribution in [-0.2, 0) is 13.0 Å². The smallest absolute Gasteiger partial charge is 0.0412 e. The molecule has 1 aromatic heterocycles. The van der Waals surface area contributed by atoms with Crippen LogP contribution in [0.3, 0.4) is 0 Å². The van der Waals surface area contributed by atoms with E-state index in [0.717, 1.165) is 18.5 Å². The van der Waals surface area contributed by atoms with Crippen molar-refractivity contribution in [2.24, 2.45) is 5.73 Å². The summed E-state index contributed by atoms with van der Waals surface area (Å²) in [5, 5.41) is 0. The van der Waals surface area contributed by atoms with E-state index >= 15 is 0 Å². The molecular formula is C9H16N2. The van der Waals surface area contributed by atoms with Gasteiger partial charge in [0.15, 0.2) is 0 Å². The first-order chi connectivity index (χ1) is 5.40. The summed E-state index contributed by atoms with van der Waals surface area (Å²) < 4.78 is 0. The zero-order valence-electron chi connectivity index (χ0n) is 6.43. The first-order valence-corrected chi connectivity index (χ1v) is 3.97. The lowest BCUT2D eigenvalue weighted by Gasteiger charge is -2.01. The SMILES string of the molecule is NCc1cc2c([nH]1)C=CCC2.[HH].[HH]. The van der Waals surface area contributed by atoms with Gasteiger partial charge in [-0.15, -0.1) is 0 Å². The van der Waals surface area contributed by atoms with E-state index < -0.39 is 0 Å². The van der Waals surface area contributed by atoms with Crippen molar-refractivity contribution < 1.29 is 2.85 Å². The number of rotatable bonds is 1. The first-order valence-electron chi connectivity index (χ1n) is 3.97. The number of aromatic nitrogens is 1. The Kier molecular flexibility index (Phi) is 1.55. The van der Waals surface area contributed by atoms with Gasteiger partial charge in [0.1, 0.15) is 0 Å². The maximum absolute atomic E-state index is 5.51. The van der Waals surface area contributed by atoms with Crippen LogP contribution in [0.25, 0.3) is 6.08 Å². The van der Waals surface area contributed by atoms with Crippen molar-refractivity contribution in [2.75, 3.05) is 0 Å². The number of hydrogen-bond acceptors (Lipinski definition) is 1. The minimum atomic E-state index is 0. The molecule has 0 atom stereocenters. The molecule has 1 heterocycles. The van der Waals surface area contributed by atoms with E-state index in [2.05, 4.69) is 23.2 Å². The highest BCUT2D eigenvalue weighted by Crippen LogP contribution is 2.19. The van der Waals surface area contributed by atoms with Gasteiger partial charge in [0.25, 0.3) is 0 Å². The fourth-order valence-corrected chi connectivity index (χ4v) is 1.48. The molecule has 11 heavy (non-hydrogen) atoms. The Hall–Kier alpha value is -1.02. The Morgan fingerprint density at radius 1 is 1.64 bits per heavy atom. The van der Waals surface area contributed by atoms with Gasteiger partial charge in [-0.1, -0.05) is 6.08 Å². The number of allylic oxidation sites excluding steroid dienone is 1. The summed E-state index contributed by atoms with van der Waals surface area (Å²) in [5.41, 5.74) is 9.30. The molecule has 0 saturated carbocycles. The molecule has 0 spiro atoms. The molecule has 62 valence electrons.